The van der Waals surface area contributed by atoms with Gasteiger partial charge in [-0.3, -0.25) is 14.5 Å². The molecule has 6 heteroatoms. The van der Waals surface area contributed by atoms with Crippen LogP contribution in [0.25, 0.3) is 11.0 Å². The molecular formula is C31H31NO5. The highest BCUT2D eigenvalue weighted by atomic mass is 16.5. The second kappa shape index (κ2) is 9.77. The van der Waals surface area contributed by atoms with Gasteiger partial charge in [0.2, 0.25) is 5.76 Å². The predicted octanol–water partition coefficient (Wildman–Crippen LogP) is 6.66. The largest absolute Gasteiger partial charge is 0.493 e. The summed E-state index contributed by atoms with van der Waals surface area (Å²) in [6.45, 7) is 8.65. The van der Waals surface area contributed by atoms with Gasteiger partial charge < -0.3 is 13.9 Å². The van der Waals surface area contributed by atoms with Gasteiger partial charge in [-0.05, 0) is 80.3 Å². The van der Waals surface area contributed by atoms with E-state index < -0.39 is 6.04 Å². The smallest absolute Gasteiger partial charge is 0.295 e. The zero-order valence-electron chi connectivity index (χ0n) is 21.9. The third-order valence-corrected chi connectivity index (χ3v) is 7.05. The van der Waals surface area contributed by atoms with E-state index in [-0.39, 0.29) is 17.1 Å². The molecule has 0 saturated carbocycles. The quantitative estimate of drug-likeness (QED) is 0.267. The third kappa shape index (κ3) is 4.26. The Bertz CT molecular complexity index is 1570. The zero-order valence-corrected chi connectivity index (χ0v) is 21.9. The summed E-state index contributed by atoms with van der Waals surface area (Å²) in [7, 11) is 1.59. The van der Waals surface area contributed by atoms with Crippen molar-refractivity contribution in [1.29, 1.82) is 0 Å². The lowest BCUT2D eigenvalue weighted by atomic mass is 9.97. The van der Waals surface area contributed by atoms with Crippen molar-refractivity contribution in [2.45, 2.75) is 46.6 Å². The number of carbonyl (C=O) groups is 1. The van der Waals surface area contributed by atoms with Gasteiger partial charge >= 0.3 is 0 Å². The summed E-state index contributed by atoms with van der Waals surface area (Å²) in [5.74, 6) is 0.913. The van der Waals surface area contributed by atoms with Crippen LogP contribution in [-0.4, -0.2) is 19.6 Å². The highest BCUT2D eigenvalue weighted by Crippen LogP contribution is 2.43. The molecule has 1 aliphatic rings. The molecule has 0 N–H and O–H groups in total. The Morgan fingerprint density at radius 3 is 2.46 bits per heavy atom. The fourth-order valence-electron chi connectivity index (χ4n) is 4.84. The van der Waals surface area contributed by atoms with E-state index in [2.05, 4.69) is 6.92 Å². The van der Waals surface area contributed by atoms with E-state index in [1.54, 1.807) is 18.1 Å². The second-order valence-corrected chi connectivity index (χ2v) is 9.63. The number of hydrogen-bond donors (Lipinski definition) is 0. The number of hydrogen-bond acceptors (Lipinski definition) is 5. The van der Waals surface area contributed by atoms with E-state index in [0.717, 1.165) is 35.1 Å². The van der Waals surface area contributed by atoms with Crippen molar-refractivity contribution in [3.05, 3.63) is 98.4 Å². The molecule has 37 heavy (non-hydrogen) atoms. The fourth-order valence-corrected chi connectivity index (χ4v) is 4.84. The summed E-state index contributed by atoms with van der Waals surface area (Å²) in [5.41, 5.74) is 5.10. The van der Waals surface area contributed by atoms with Crippen molar-refractivity contribution < 1.29 is 18.7 Å². The number of unbranched alkanes of at least 4 members (excludes halogenated alkanes) is 1. The molecular weight excluding hydrogens is 466 g/mol. The topological polar surface area (TPSA) is 69.0 Å². The molecule has 1 unspecified atom stereocenters. The third-order valence-electron chi connectivity index (χ3n) is 7.05. The standard InChI is InChI=1S/C31H31NO5/c1-6-7-14-36-25-13-10-21(17-26(25)35-5)28-27-29(33)23-15-18(2)8-12-24(23)37-30(27)31(34)32(28)22-11-9-19(3)20(4)16-22/h8-13,15-17,28H,6-7,14H2,1-5H3. The first-order valence-electron chi connectivity index (χ1n) is 12.6. The number of ether oxygens (including phenoxy) is 2. The Labute approximate surface area is 216 Å². The van der Waals surface area contributed by atoms with Gasteiger partial charge in [0.25, 0.3) is 5.91 Å². The monoisotopic (exact) mass is 497 g/mol. The van der Waals surface area contributed by atoms with Crippen LogP contribution in [0.15, 0.2) is 63.8 Å². The van der Waals surface area contributed by atoms with Crippen LogP contribution in [0.2, 0.25) is 0 Å². The summed E-state index contributed by atoms with van der Waals surface area (Å²) in [6, 6.07) is 16.2. The molecule has 2 heterocycles. The summed E-state index contributed by atoms with van der Waals surface area (Å²) in [6.07, 6.45) is 1.96. The highest BCUT2D eigenvalue weighted by Gasteiger charge is 2.44. The molecule has 1 aliphatic heterocycles. The van der Waals surface area contributed by atoms with Gasteiger partial charge in [-0.25, -0.2) is 0 Å². The fraction of sp³-hybridized carbons (Fsp3) is 0.290. The van der Waals surface area contributed by atoms with Crippen LogP contribution in [0.3, 0.4) is 0 Å². The molecule has 6 nitrogen and oxygen atoms in total. The number of anilines is 1. The van der Waals surface area contributed by atoms with Crippen LogP contribution in [-0.2, 0) is 0 Å². The molecule has 190 valence electrons. The van der Waals surface area contributed by atoms with Gasteiger partial charge in [0, 0.05) is 5.69 Å². The number of methoxy groups -OCH3 is 1. The first-order valence-corrected chi connectivity index (χ1v) is 12.6. The van der Waals surface area contributed by atoms with Crippen molar-refractivity contribution in [3.8, 4) is 11.5 Å². The van der Waals surface area contributed by atoms with Crippen molar-refractivity contribution in [2.24, 2.45) is 0 Å². The van der Waals surface area contributed by atoms with Crippen molar-refractivity contribution in [3.63, 3.8) is 0 Å². The minimum Gasteiger partial charge on any atom is -0.493 e. The average molecular weight is 498 g/mol. The molecule has 0 fully saturated rings. The minimum atomic E-state index is -0.677. The van der Waals surface area contributed by atoms with Crippen LogP contribution in [0.5, 0.6) is 11.5 Å². The normalized spacial score (nSPS) is 14.8. The summed E-state index contributed by atoms with van der Waals surface area (Å²) in [4.78, 5) is 29.4. The maximum Gasteiger partial charge on any atom is 0.295 e. The molecule has 0 radical (unpaired) electrons. The van der Waals surface area contributed by atoms with E-state index in [4.69, 9.17) is 13.9 Å². The van der Waals surface area contributed by atoms with E-state index >= 15 is 0 Å². The molecule has 3 aromatic carbocycles. The number of amides is 1. The van der Waals surface area contributed by atoms with Crippen molar-refractivity contribution in [2.75, 3.05) is 18.6 Å². The minimum absolute atomic E-state index is 0.0758. The Hall–Kier alpha value is -4.06. The second-order valence-electron chi connectivity index (χ2n) is 9.63. The number of carbonyl (C=O) groups excluding carboxylic acids is 1. The highest BCUT2D eigenvalue weighted by molar-refractivity contribution is 6.10. The van der Waals surface area contributed by atoms with Crippen LogP contribution < -0.4 is 19.8 Å². The average Bonchev–Trinajstić information content (AvgIpc) is 3.19. The number of aryl methyl sites for hydroxylation is 3. The molecule has 0 bridgehead atoms. The maximum atomic E-state index is 13.9. The van der Waals surface area contributed by atoms with Crippen LogP contribution >= 0.6 is 0 Å². The number of rotatable bonds is 7. The molecule has 5 rings (SSSR count). The van der Waals surface area contributed by atoms with Crippen LogP contribution in [0.1, 0.15) is 64.2 Å². The molecule has 0 saturated heterocycles. The molecule has 4 aromatic rings. The Kier molecular flexibility index (Phi) is 6.50. The zero-order chi connectivity index (χ0) is 26.3. The van der Waals surface area contributed by atoms with Gasteiger partial charge in [0.1, 0.15) is 5.58 Å². The molecule has 0 spiro atoms. The lowest BCUT2D eigenvalue weighted by molar-refractivity contribution is 0.0971. The van der Waals surface area contributed by atoms with Gasteiger partial charge in [0.15, 0.2) is 16.9 Å². The Morgan fingerprint density at radius 2 is 1.73 bits per heavy atom. The molecule has 0 aliphatic carbocycles. The van der Waals surface area contributed by atoms with Crippen LogP contribution in [0.4, 0.5) is 5.69 Å². The van der Waals surface area contributed by atoms with Gasteiger partial charge in [-0.15, -0.1) is 0 Å². The lowest BCUT2D eigenvalue weighted by Gasteiger charge is -2.26. The van der Waals surface area contributed by atoms with Gasteiger partial charge in [0.05, 0.1) is 30.7 Å². The number of nitrogens with zero attached hydrogens (tertiary/aromatic N) is 1. The lowest BCUT2D eigenvalue weighted by Crippen LogP contribution is -2.29. The van der Waals surface area contributed by atoms with Gasteiger partial charge in [-0.1, -0.05) is 37.1 Å². The van der Waals surface area contributed by atoms with E-state index in [0.29, 0.717) is 40.3 Å². The van der Waals surface area contributed by atoms with Crippen molar-refractivity contribution in [1.82, 2.24) is 0 Å². The maximum absolute atomic E-state index is 13.9. The predicted molar refractivity (Wildman–Crippen MR) is 145 cm³/mol. The molecule has 1 atom stereocenters. The SMILES string of the molecule is CCCCOc1ccc(C2c3c(oc4ccc(C)cc4c3=O)C(=O)N2c2ccc(C)c(C)c2)cc1OC. The Balaban J connectivity index is 1.73. The van der Waals surface area contributed by atoms with Crippen molar-refractivity contribution >= 4 is 22.6 Å². The van der Waals surface area contributed by atoms with Gasteiger partial charge in [-0.2, -0.15) is 0 Å². The summed E-state index contributed by atoms with van der Waals surface area (Å²) < 4.78 is 17.7. The number of benzene rings is 3. The Morgan fingerprint density at radius 1 is 0.919 bits per heavy atom. The summed E-state index contributed by atoms with van der Waals surface area (Å²) in [5, 5.41) is 0.463. The van der Waals surface area contributed by atoms with E-state index in [1.165, 1.54) is 0 Å². The summed E-state index contributed by atoms with van der Waals surface area (Å²) >= 11 is 0. The first-order chi connectivity index (χ1) is 17.8. The molecule has 1 aromatic heterocycles. The van der Waals surface area contributed by atoms with Crippen LogP contribution in [0, 0.1) is 20.8 Å². The number of fused-ring (bicyclic) bond motifs is 2. The van der Waals surface area contributed by atoms with E-state index in [1.807, 2.05) is 69.3 Å². The van der Waals surface area contributed by atoms with E-state index in [9.17, 15) is 9.59 Å². The molecule has 1 amide bonds. The first kappa shape index (κ1) is 24.6.